The number of rotatable bonds is 7. The van der Waals surface area contributed by atoms with Crippen molar-refractivity contribution in [3.8, 4) is 11.5 Å². The smallest absolute Gasteiger partial charge is 0.180 e. The van der Waals surface area contributed by atoms with Crippen LogP contribution in [0.2, 0.25) is 5.02 Å². The molecule has 3 nitrogen and oxygen atoms in total. The van der Waals surface area contributed by atoms with Crippen molar-refractivity contribution in [2.45, 2.75) is 33.9 Å². The summed E-state index contributed by atoms with van der Waals surface area (Å²) in [5, 5.41) is 4.01. The Bertz CT molecular complexity index is 952. The zero-order valence-electron chi connectivity index (χ0n) is 16.8. The summed E-state index contributed by atoms with van der Waals surface area (Å²) in [4.78, 5) is 0. The Morgan fingerprint density at radius 3 is 2.25 bits per heavy atom. The highest BCUT2D eigenvalue weighted by Gasteiger charge is 2.13. The minimum atomic E-state index is 0.441. The molecule has 0 aliphatic heterocycles. The molecule has 0 radical (unpaired) electrons. The van der Waals surface area contributed by atoms with Crippen molar-refractivity contribution in [3.63, 3.8) is 0 Å². The first-order valence-electron chi connectivity index (χ1n) is 9.32. The number of hydrogen-bond acceptors (Lipinski definition) is 3. The molecule has 3 aromatic rings. The van der Waals surface area contributed by atoms with E-state index in [1.165, 1.54) is 16.7 Å². The molecule has 0 saturated carbocycles. The van der Waals surface area contributed by atoms with Crippen LogP contribution in [-0.4, -0.2) is 7.11 Å². The van der Waals surface area contributed by atoms with Crippen molar-refractivity contribution in [1.82, 2.24) is 0 Å². The van der Waals surface area contributed by atoms with E-state index in [1.54, 1.807) is 7.11 Å². The Kier molecular flexibility index (Phi) is 6.48. The summed E-state index contributed by atoms with van der Waals surface area (Å²) in [6.45, 7) is 7.35. The summed E-state index contributed by atoms with van der Waals surface area (Å²) in [5.74, 6) is 1.21. The zero-order valence-corrected chi connectivity index (χ0v) is 17.6. The van der Waals surface area contributed by atoms with Crippen molar-refractivity contribution in [2.24, 2.45) is 0 Å². The van der Waals surface area contributed by atoms with Crippen LogP contribution in [0.25, 0.3) is 0 Å². The predicted molar refractivity (Wildman–Crippen MR) is 117 cm³/mol. The molecule has 0 aliphatic rings. The SMILES string of the molecule is COc1cc(CNc2ccc(C)cc2C)cc(Cl)c1OCc1ccc(C)cc1. The molecule has 4 heteroatoms. The molecule has 0 unspecified atom stereocenters. The molecule has 0 fully saturated rings. The summed E-state index contributed by atoms with van der Waals surface area (Å²) in [5.41, 5.74) is 6.92. The van der Waals surface area contributed by atoms with Gasteiger partial charge in [-0.15, -0.1) is 0 Å². The number of hydrogen-bond donors (Lipinski definition) is 1. The molecule has 0 heterocycles. The summed E-state index contributed by atoms with van der Waals surface area (Å²) < 4.78 is 11.5. The van der Waals surface area contributed by atoms with Gasteiger partial charge < -0.3 is 14.8 Å². The third-order valence-corrected chi connectivity index (χ3v) is 4.94. The number of methoxy groups -OCH3 is 1. The van der Waals surface area contributed by atoms with Crippen molar-refractivity contribution < 1.29 is 9.47 Å². The van der Waals surface area contributed by atoms with Gasteiger partial charge >= 0.3 is 0 Å². The Labute approximate surface area is 172 Å². The summed E-state index contributed by atoms with van der Waals surface area (Å²) in [6.07, 6.45) is 0. The Balaban J connectivity index is 1.72. The van der Waals surface area contributed by atoms with Gasteiger partial charge in [-0.05, 0) is 55.7 Å². The van der Waals surface area contributed by atoms with Gasteiger partial charge in [-0.3, -0.25) is 0 Å². The number of ether oxygens (including phenoxy) is 2. The lowest BCUT2D eigenvalue weighted by molar-refractivity contribution is 0.284. The maximum Gasteiger partial charge on any atom is 0.180 e. The van der Waals surface area contributed by atoms with Crippen LogP contribution in [0.5, 0.6) is 11.5 Å². The fourth-order valence-electron chi connectivity index (χ4n) is 3.06. The fraction of sp³-hybridized carbons (Fsp3) is 0.250. The van der Waals surface area contributed by atoms with E-state index in [4.69, 9.17) is 21.1 Å². The van der Waals surface area contributed by atoms with Gasteiger partial charge in [0.15, 0.2) is 11.5 Å². The molecular formula is C24H26ClNO2. The molecule has 0 atom stereocenters. The van der Waals surface area contributed by atoms with Crippen LogP contribution in [0.3, 0.4) is 0 Å². The summed E-state index contributed by atoms with van der Waals surface area (Å²) >= 11 is 6.51. The van der Waals surface area contributed by atoms with E-state index >= 15 is 0 Å². The molecule has 3 aromatic carbocycles. The van der Waals surface area contributed by atoms with Crippen LogP contribution in [0, 0.1) is 20.8 Å². The van der Waals surface area contributed by atoms with E-state index in [-0.39, 0.29) is 0 Å². The van der Waals surface area contributed by atoms with Gasteiger partial charge in [0.1, 0.15) is 6.61 Å². The van der Waals surface area contributed by atoms with Crippen LogP contribution in [0.1, 0.15) is 27.8 Å². The number of benzene rings is 3. The molecule has 0 amide bonds. The largest absolute Gasteiger partial charge is 0.493 e. The quantitative estimate of drug-likeness (QED) is 0.497. The molecule has 0 aromatic heterocycles. The average Bonchev–Trinajstić information content (AvgIpc) is 2.67. The zero-order chi connectivity index (χ0) is 20.1. The van der Waals surface area contributed by atoms with E-state index in [0.717, 1.165) is 16.8 Å². The number of halogens is 1. The van der Waals surface area contributed by atoms with E-state index in [9.17, 15) is 0 Å². The van der Waals surface area contributed by atoms with Crippen LogP contribution in [-0.2, 0) is 13.2 Å². The van der Waals surface area contributed by atoms with Gasteiger partial charge in [-0.1, -0.05) is 59.1 Å². The first-order chi connectivity index (χ1) is 13.5. The second-order valence-corrected chi connectivity index (χ2v) is 7.46. The van der Waals surface area contributed by atoms with Crippen molar-refractivity contribution in [3.05, 3.63) is 87.4 Å². The summed E-state index contributed by atoms with van der Waals surface area (Å²) in [7, 11) is 1.63. The normalized spacial score (nSPS) is 10.6. The predicted octanol–water partition coefficient (Wildman–Crippen LogP) is 6.46. The Morgan fingerprint density at radius 2 is 1.57 bits per heavy atom. The molecule has 0 bridgehead atoms. The lowest BCUT2D eigenvalue weighted by Gasteiger charge is -2.16. The number of anilines is 1. The van der Waals surface area contributed by atoms with Gasteiger partial charge in [0.2, 0.25) is 0 Å². The van der Waals surface area contributed by atoms with Gasteiger partial charge in [-0.25, -0.2) is 0 Å². The minimum absolute atomic E-state index is 0.441. The van der Waals surface area contributed by atoms with Crippen LogP contribution >= 0.6 is 11.6 Å². The van der Waals surface area contributed by atoms with E-state index in [0.29, 0.717) is 29.7 Å². The molecular weight excluding hydrogens is 370 g/mol. The van der Waals surface area contributed by atoms with E-state index < -0.39 is 0 Å². The molecule has 0 aliphatic carbocycles. The molecule has 0 spiro atoms. The maximum absolute atomic E-state index is 6.51. The van der Waals surface area contributed by atoms with Crippen LogP contribution in [0.4, 0.5) is 5.69 Å². The molecule has 1 N–H and O–H groups in total. The lowest BCUT2D eigenvalue weighted by Crippen LogP contribution is -2.03. The fourth-order valence-corrected chi connectivity index (χ4v) is 3.35. The highest BCUT2D eigenvalue weighted by atomic mass is 35.5. The third kappa shape index (κ3) is 4.99. The second-order valence-electron chi connectivity index (χ2n) is 7.06. The highest BCUT2D eigenvalue weighted by Crippen LogP contribution is 2.37. The van der Waals surface area contributed by atoms with Crippen LogP contribution in [0.15, 0.2) is 54.6 Å². The second kappa shape index (κ2) is 9.03. The Morgan fingerprint density at radius 1 is 0.857 bits per heavy atom. The molecule has 28 heavy (non-hydrogen) atoms. The molecule has 0 saturated heterocycles. The third-order valence-electron chi connectivity index (χ3n) is 4.66. The first-order valence-corrected chi connectivity index (χ1v) is 9.70. The van der Waals surface area contributed by atoms with Gasteiger partial charge in [0.25, 0.3) is 0 Å². The van der Waals surface area contributed by atoms with E-state index in [1.807, 2.05) is 12.1 Å². The number of aryl methyl sites for hydroxylation is 3. The first kappa shape index (κ1) is 20.1. The maximum atomic E-state index is 6.51. The molecule has 3 rings (SSSR count). The van der Waals surface area contributed by atoms with Crippen molar-refractivity contribution >= 4 is 17.3 Å². The number of nitrogens with one attached hydrogen (secondary N) is 1. The van der Waals surface area contributed by atoms with E-state index in [2.05, 4.69) is 68.6 Å². The monoisotopic (exact) mass is 395 g/mol. The van der Waals surface area contributed by atoms with Gasteiger partial charge in [0.05, 0.1) is 12.1 Å². The van der Waals surface area contributed by atoms with Gasteiger partial charge in [0, 0.05) is 12.2 Å². The lowest BCUT2D eigenvalue weighted by atomic mass is 10.1. The standard InChI is InChI=1S/C24H26ClNO2/c1-16-5-8-19(9-6-16)15-28-24-21(25)12-20(13-23(24)27-4)14-26-22-10-7-17(2)11-18(22)3/h5-13,26H,14-15H2,1-4H3. The highest BCUT2D eigenvalue weighted by molar-refractivity contribution is 6.32. The minimum Gasteiger partial charge on any atom is -0.493 e. The Hall–Kier alpha value is -2.65. The topological polar surface area (TPSA) is 30.5 Å². The van der Waals surface area contributed by atoms with Crippen LogP contribution < -0.4 is 14.8 Å². The van der Waals surface area contributed by atoms with Crippen molar-refractivity contribution in [2.75, 3.05) is 12.4 Å². The molecule has 146 valence electrons. The average molecular weight is 396 g/mol. The van der Waals surface area contributed by atoms with Crippen molar-refractivity contribution in [1.29, 1.82) is 0 Å². The van der Waals surface area contributed by atoms with Gasteiger partial charge in [-0.2, -0.15) is 0 Å². The summed E-state index contributed by atoms with van der Waals surface area (Å²) in [6, 6.07) is 18.5.